The van der Waals surface area contributed by atoms with E-state index in [1.165, 1.54) is 0 Å². The minimum atomic E-state index is -0.153. The van der Waals surface area contributed by atoms with Crippen molar-refractivity contribution in [2.24, 2.45) is 0 Å². The average molecular weight is 361 g/mol. The third kappa shape index (κ3) is 2.60. The van der Waals surface area contributed by atoms with Gasteiger partial charge in [-0.3, -0.25) is 4.79 Å². The summed E-state index contributed by atoms with van der Waals surface area (Å²) in [5.41, 5.74) is 1.29. The zero-order valence-corrected chi connectivity index (χ0v) is 13.6. The van der Waals surface area contributed by atoms with Crippen molar-refractivity contribution in [1.82, 2.24) is 0 Å². The van der Waals surface area contributed by atoms with Crippen LogP contribution in [0.2, 0.25) is 0 Å². The summed E-state index contributed by atoms with van der Waals surface area (Å²) in [4.78, 5) is 12.4. The number of Topliss-reactive ketones (excluding diaryl/α,β-unsaturated/α-hetero) is 1. The second kappa shape index (κ2) is 5.85. The van der Waals surface area contributed by atoms with Gasteiger partial charge in [-0.2, -0.15) is 0 Å². The van der Waals surface area contributed by atoms with E-state index < -0.39 is 0 Å². The molecule has 1 aliphatic rings. The summed E-state index contributed by atoms with van der Waals surface area (Å²) in [6.45, 7) is 0. The molecule has 0 aromatic heterocycles. The summed E-state index contributed by atoms with van der Waals surface area (Å²) in [7, 11) is 3.16. The van der Waals surface area contributed by atoms with Crippen molar-refractivity contribution in [3.63, 3.8) is 0 Å². The van der Waals surface area contributed by atoms with E-state index in [2.05, 4.69) is 15.9 Å². The van der Waals surface area contributed by atoms with Crippen molar-refractivity contribution in [2.75, 3.05) is 14.2 Å². The highest BCUT2D eigenvalue weighted by Gasteiger charge is 2.28. The minimum Gasteiger partial charge on any atom is -0.497 e. The molecule has 0 spiro atoms. The fraction of sp³-hybridized carbons (Fsp3) is 0.118. The van der Waals surface area contributed by atoms with E-state index >= 15 is 0 Å². The van der Waals surface area contributed by atoms with Crippen molar-refractivity contribution < 1.29 is 19.0 Å². The monoisotopic (exact) mass is 360 g/mol. The van der Waals surface area contributed by atoms with Gasteiger partial charge in [-0.25, -0.2) is 0 Å². The second-order valence-electron chi connectivity index (χ2n) is 4.69. The van der Waals surface area contributed by atoms with Crippen molar-refractivity contribution in [3.8, 4) is 17.2 Å². The van der Waals surface area contributed by atoms with Crippen LogP contribution in [0.5, 0.6) is 17.2 Å². The first-order valence-corrected chi connectivity index (χ1v) is 7.37. The number of allylic oxidation sites excluding steroid dienone is 1. The summed E-state index contributed by atoms with van der Waals surface area (Å²) >= 11 is 3.41. The van der Waals surface area contributed by atoms with Gasteiger partial charge < -0.3 is 14.2 Å². The van der Waals surface area contributed by atoms with Gasteiger partial charge in [0.2, 0.25) is 5.78 Å². The van der Waals surface area contributed by atoms with Gasteiger partial charge in [-0.05, 0) is 36.4 Å². The van der Waals surface area contributed by atoms with Crippen LogP contribution < -0.4 is 14.2 Å². The third-order valence-corrected chi connectivity index (χ3v) is 3.85. The summed E-state index contributed by atoms with van der Waals surface area (Å²) in [6, 6.07) is 10.7. The van der Waals surface area contributed by atoms with Crippen molar-refractivity contribution in [2.45, 2.75) is 0 Å². The number of ketones is 1. The van der Waals surface area contributed by atoms with Gasteiger partial charge in [0.25, 0.3) is 0 Å². The van der Waals surface area contributed by atoms with E-state index in [4.69, 9.17) is 14.2 Å². The van der Waals surface area contributed by atoms with Crippen LogP contribution in [0.4, 0.5) is 0 Å². The van der Waals surface area contributed by atoms with Gasteiger partial charge in [0.1, 0.15) is 17.2 Å². The Morgan fingerprint density at radius 3 is 2.64 bits per heavy atom. The number of carbonyl (C=O) groups is 1. The van der Waals surface area contributed by atoms with Crippen molar-refractivity contribution in [3.05, 3.63) is 57.8 Å². The van der Waals surface area contributed by atoms with Gasteiger partial charge in [0.15, 0.2) is 5.76 Å². The normalized spacial score (nSPS) is 14.7. The molecule has 22 heavy (non-hydrogen) atoms. The molecule has 0 atom stereocenters. The Morgan fingerprint density at radius 2 is 1.91 bits per heavy atom. The van der Waals surface area contributed by atoms with E-state index in [1.54, 1.807) is 38.5 Å². The molecular formula is C17H13BrO4. The first-order chi connectivity index (χ1) is 10.6. The molecule has 5 heteroatoms. The third-order valence-electron chi connectivity index (χ3n) is 3.36. The van der Waals surface area contributed by atoms with Crippen LogP contribution in [-0.4, -0.2) is 20.0 Å². The van der Waals surface area contributed by atoms with E-state index in [0.717, 1.165) is 10.0 Å². The fourth-order valence-corrected chi connectivity index (χ4v) is 2.63. The van der Waals surface area contributed by atoms with E-state index in [-0.39, 0.29) is 11.5 Å². The molecule has 0 saturated carbocycles. The quantitative estimate of drug-likeness (QED) is 0.773. The first-order valence-electron chi connectivity index (χ1n) is 6.58. The van der Waals surface area contributed by atoms with Gasteiger partial charge in [0, 0.05) is 16.1 Å². The number of halogens is 1. The van der Waals surface area contributed by atoms with E-state index in [9.17, 15) is 4.79 Å². The van der Waals surface area contributed by atoms with E-state index in [1.807, 2.05) is 18.2 Å². The fourth-order valence-electron chi connectivity index (χ4n) is 2.25. The molecule has 2 aromatic rings. The van der Waals surface area contributed by atoms with Crippen LogP contribution in [0.3, 0.4) is 0 Å². The number of fused-ring (bicyclic) bond motifs is 1. The summed E-state index contributed by atoms with van der Waals surface area (Å²) in [6.07, 6.45) is 1.68. The summed E-state index contributed by atoms with van der Waals surface area (Å²) in [5.74, 6) is 1.93. The largest absolute Gasteiger partial charge is 0.497 e. The van der Waals surface area contributed by atoms with Crippen LogP contribution >= 0.6 is 15.9 Å². The molecule has 0 radical (unpaired) electrons. The van der Waals surface area contributed by atoms with Gasteiger partial charge >= 0.3 is 0 Å². The number of carbonyl (C=O) groups excluding carboxylic acids is 1. The Bertz CT molecular complexity index is 780. The molecule has 4 nitrogen and oxygen atoms in total. The Morgan fingerprint density at radius 1 is 1.09 bits per heavy atom. The highest BCUT2D eigenvalue weighted by molar-refractivity contribution is 9.10. The smallest absolute Gasteiger partial charge is 0.231 e. The van der Waals surface area contributed by atoms with Gasteiger partial charge in [-0.15, -0.1) is 0 Å². The minimum absolute atomic E-state index is 0.153. The second-order valence-corrected chi connectivity index (χ2v) is 5.60. The Kier molecular flexibility index (Phi) is 3.90. The first kappa shape index (κ1) is 14.7. The average Bonchev–Trinajstić information content (AvgIpc) is 2.83. The maximum atomic E-state index is 12.4. The molecule has 0 amide bonds. The Balaban J connectivity index is 2.01. The molecular weight excluding hydrogens is 348 g/mol. The van der Waals surface area contributed by atoms with Crippen LogP contribution in [0.25, 0.3) is 6.08 Å². The van der Waals surface area contributed by atoms with E-state index in [0.29, 0.717) is 22.8 Å². The van der Waals surface area contributed by atoms with Gasteiger partial charge in [0.05, 0.1) is 19.8 Å². The number of ether oxygens (including phenoxy) is 3. The standard InChI is InChI=1S/C17H13BrO4/c1-20-12-4-5-13-15(9-12)22-16(17(13)19)8-10-7-11(18)3-6-14(10)21-2/h3-9H,1-2H3/b16-8-. The maximum absolute atomic E-state index is 12.4. The van der Waals surface area contributed by atoms with Crippen LogP contribution in [-0.2, 0) is 0 Å². The predicted molar refractivity (Wildman–Crippen MR) is 86.6 cm³/mol. The molecule has 2 aromatic carbocycles. The molecule has 112 valence electrons. The predicted octanol–water partition coefficient (Wildman–Crippen LogP) is 4.08. The number of hydrogen-bond donors (Lipinski definition) is 0. The SMILES string of the molecule is COc1ccc2c(c1)O/C(=C\c1cc(Br)ccc1OC)C2=O. The highest BCUT2D eigenvalue weighted by atomic mass is 79.9. The molecule has 0 aliphatic carbocycles. The lowest BCUT2D eigenvalue weighted by molar-refractivity contribution is 0.101. The molecule has 0 N–H and O–H groups in total. The zero-order valence-electron chi connectivity index (χ0n) is 12.1. The molecule has 0 unspecified atom stereocenters. The molecule has 3 rings (SSSR count). The lowest BCUT2D eigenvalue weighted by Crippen LogP contribution is -1.98. The van der Waals surface area contributed by atoms with Crippen LogP contribution in [0, 0.1) is 0 Å². The Hall–Kier alpha value is -2.27. The van der Waals surface area contributed by atoms with Crippen LogP contribution in [0.1, 0.15) is 15.9 Å². The zero-order chi connectivity index (χ0) is 15.7. The highest BCUT2D eigenvalue weighted by Crippen LogP contribution is 2.36. The molecule has 0 saturated heterocycles. The number of rotatable bonds is 3. The number of methoxy groups -OCH3 is 2. The molecule has 1 heterocycles. The van der Waals surface area contributed by atoms with Crippen molar-refractivity contribution in [1.29, 1.82) is 0 Å². The summed E-state index contributed by atoms with van der Waals surface area (Å²) < 4.78 is 17.0. The molecule has 1 aliphatic heterocycles. The Labute approximate surface area is 136 Å². The number of hydrogen-bond acceptors (Lipinski definition) is 4. The topological polar surface area (TPSA) is 44.8 Å². The van der Waals surface area contributed by atoms with Crippen molar-refractivity contribution >= 4 is 27.8 Å². The summed E-state index contributed by atoms with van der Waals surface area (Å²) in [5, 5.41) is 0. The number of benzene rings is 2. The van der Waals surface area contributed by atoms with Crippen LogP contribution in [0.15, 0.2) is 46.6 Å². The lowest BCUT2D eigenvalue weighted by Gasteiger charge is -2.06. The maximum Gasteiger partial charge on any atom is 0.231 e. The lowest BCUT2D eigenvalue weighted by atomic mass is 10.1. The molecule has 0 fully saturated rings. The van der Waals surface area contributed by atoms with Gasteiger partial charge in [-0.1, -0.05) is 15.9 Å². The molecule has 0 bridgehead atoms.